The van der Waals surface area contributed by atoms with E-state index in [9.17, 15) is 9.59 Å². The van der Waals surface area contributed by atoms with Gasteiger partial charge in [0.2, 0.25) is 0 Å². The van der Waals surface area contributed by atoms with E-state index in [2.05, 4.69) is 66.2 Å². The second-order valence-corrected chi connectivity index (χ2v) is 12.8. The number of fused-ring (bicyclic) bond motifs is 1. The van der Waals surface area contributed by atoms with Gasteiger partial charge in [0.15, 0.2) is 4.80 Å². The average Bonchev–Trinajstić information content (AvgIpc) is 3.57. The Balaban J connectivity index is 1.31. The monoisotopic (exact) mass is 650 g/mol. The van der Waals surface area contributed by atoms with Crippen molar-refractivity contribution >= 4 is 29.0 Å². The van der Waals surface area contributed by atoms with E-state index in [0.717, 1.165) is 33.8 Å². The number of hydrogen-bond donors (Lipinski definition) is 1. The molecule has 1 aliphatic heterocycles. The predicted molar refractivity (Wildman–Crippen MR) is 193 cm³/mol. The highest BCUT2D eigenvalue weighted by Gasteiger charge is 2.33. The lowest BCUT2D eigenvalue weighted by molar-refractivity contribution is -0.113. The summed E-state index contributed by atoms with van der Waals surface area (Å²) in [5.74, 6) is 0.322. The average molecular weight is 651 g/mol. The minimum atomic E-state index is -0.697. The Hall–Kier alpha value is -5.73. The van der Waals surface area contributed by atoms with Crippen LogP contribution in [-0.2, 0) is 4.79 Å². The smallest absolute Gasteiger partial charge is 0.271 e. The van der Waals surface area contributed by atoms with E-state index in [4.69, 9.17) is 9.73 Å². The number of carbonyl (C=O) groups excluding carboxylic acids is 1. The highest BCUT2D eigenvalue weighted by molar-refractivity contribution is 7.07. The standard InChI is InChI=1S/C40H34N4O3S/c1-25-22-31(27(3)43(25)33-20-18-29(19-21-33)28-12-7-5-8-13-28)24-35-39(46)44-37(30-14-11-17-34(23-30)47-4)36(26(2)41-40(44)48-35)38(45)42-32-15-9-6-10-16-32/h5-24,37H,1-4H3,(H,42,45)/b35-24-/t37-/m0/s1. The minimum absolute atomic E-state index is 0.207. The molecule has 0 aliphatic carbocycles. The largest absolute Gasteiger partial charge is 0.497 e. The number of anilines is 1. The van der Waals surface area contributed by atoms with Crippen molar-refractivity contribution in [3.63, 3.8) is 0 Å². The number of amides is 1. The molecular weight excluding hydrogens is 617 g/mol. The molecular formula is C40H34N4O3S. The Morgan fingerprint density at radius 2 is 1.54 bits per heavy atom. The molecule has 3 heterocycles. The third kappa shape index (κ3) is 5.71. The van der Waals surface area contributed by atoms with Gasteiger partial charge in [-0.3, -0.25) is 14.2 Å². The van der Waals surface area contributed by atoms with Crippen molar-refractivity contribution in [2.24, 2.45) is 4.99 Å². The minimum Gasteiger partial charge on any atom is -0.497 e. The molecule has 0 fully saturated rings. The number of para-hydroxylation sites is 1. The number of aryl methyl sites for hydroxylation is 1. The van der Waals surface area contributed by atoms with E-state index in [1.807, 2.05) is 85.8 Å². The van der Waals surface area contributed by atoms with Crippen molar-refractivity contribution in [2.75, 3.05) is 12.4 Å². The zero-order valence-electron chi connectivity index (χ0n) is 27.1. The van der Waals surface area contributed by atoms with E-state index in [-0.39, 0.29) is 11.5 Å². The Morgan fingerprint density at radius 1 is 0.854 bits per heavy atom. The highest BCUT2D eigenvalue weighted by Crippen LogP contribution is 2.32. The molecule has 8 heteroatoms. The van der Waals surface area contributed by atoms with Gasteiger partial charge in [0.1, 0.15) is 5.75 Å². The van der Waals surface area contributed by atoms with E-state index >= 15 is 0 Å². The molecule has 0 radical (unpaired) electrons. The summed E-state index contributed by atoms with van der Waals surface area (Å²) in [6.45, 7) is 5.96. The SMILES string of the molecule is COc1cccc([C@H]2C(C(=O)Nc3ccccc3)=C(C)N=c3s/c(=C\c4cc(C)n(-c5ccc(-c6ccccc6)cc5)c4C)c(=O)n32)c1. The van der Waals surface area contributed by atoms with Gasteiger partial charge in [0, 0.05) is 22.8 Å². The van der Waals surface area contributed by atoms with Gasteiger partial charge in [-0.05, 0) is 91.6 Å². The third-order valence-corrected chi connectivity index (χ3v) is 9.68. The van der Waals surface area contributed by atoms with Crippen molar-refractivity contribution in [1.82, 2.24) is 9.13 Å². The molecule has 238 valence electrons. The normalized spacial score (nSPS) is 14.4. The molecule has 6 aromatic rings. The number of benzene rings is 4. The van der Waals surface area contributed by atoms with Crippen LogP contribution in [0, 0.1) is 13.8 Å². The zero-order valence-corrected chi connectivity index (χ0v) is 27.9. The van der Waals surface area contributed by atoms with E-state index in [1.165, 1.54) is 16.9 Å². The first kappa shape index (κ1) is 30.9. The molecule has 7 nitrogen and oxygen atoms in total. The van der Waals surface area contributed by atoms with E-state index in [0.29, 0.717) is 32.0 Å². The highest BCUT2D eigenvalue weighted by atomic mass is 32.1. The summed E-state index contributed by atoms with van der Waals surface area (Å²) in [5.41, 5.74) is 8.57. The quantitative estimate of drug-likeness (QED) is 0.203. The number of thiazole rings is 1. The van der Waals surface area contributed by atoms with E-state index in [1.54, 1.807) is 11.7 Å². The summed E-state index contributed by atoms with van der Waals surface area (Å²) in [4.78, 5) is 33.5. The molecule has 0 unspecified atom stereocenters. The van der Waals surface area contributed by atoms with E-state index < -0.39 is 6.04 Å². The molecule has 0 saturated heterocycles. The van der Waals surface area contributed by atoms with Crippen LogP contribution < -0.4 is 24.9 Å². The number of hydrogen-bond acceptors (Lipinski definition) is 5. The Kier molecular flexibility index (Phi) is 8.25. The van der Waals surface area contributed by atoms with Gasteiger partial charge in [0.25, 0.3) is 11.5 Å². The molecule has 1 aliphatic rings. The van der Waals surface area contributed by atoms with Crippen LogP contribution in [0.1, 0.15) is 35.5 Å². The van der Waals surface area contributed by atoms with Crippen LogP contribution in [0.3, 0.4) is 0 Å². The number of ether oxygens (including phenoxy) is 1. The molecule has 1 amide bonds. The topological polar surface area (TPSA) is 77.6 Å². The van der Waals surface area contributed by atoms with Crippen LogP contribution in [0.5, 0.6) is 5.75 Å². The molecule has 1 N–H and O–H groups in total. The van der Waals surface area contributed by atoms with Crippen molar-refractivity contribution in [3.8, 4) is 22.6 Å². The van der Waals surface area contributed by atoms with Crippen LogP contribution in [0.15, 0.2) is 136 Å². The molecule has 2 aromatic heterocycles. The Morgan fingerprint density at radius 3 is 2.25 bits per heavy atom. The van der Waals surface area contributed by atoms with Gasteiger partial charge in [0.05, 0.1) is 29.0 Å². The van der Waals surface area contributed by atoms with Crippen molar-refractivity contribution in [2.45, 2.75) is 26.8 Å². The molecule has 0 saturated carbocycles. The molecule has 1 atom stereocenters. The Labute approximate surface area is 282 Å². The van der Waals surface area contributed by atoms with Crippen LogP contribution >= 0.6 is 11.3 Å². The van der Waals surface area contributed by atoms with Gasteiger partial charge in [-0.2, -0.15) is 0 Å². The fourth-order valence-electron chi connectivity index (χ4n) is 6.36. The lowest BCUT2D eigenvalue weighted by Gasteiger charge is -2.25. The summed E-state index contributed by atoms with van der Waals surface area (Å²) in [6.07, 6.45) is 1.94. The summed E-state index contributed by atoms with van der Waals surface area (Å²) < 4.78 is 9.91. The lowest BCUT2D eigenvalue weighted by Crippen LogP contribution is -2.40. The second kappa shape index (κ2) is 12.8. The van der Waals surface area contributed by atoms with Crippen LogP contribution in [0.25, 0.3) is 22.9 Å². The lowest BCUT2D eigenvalue weighted by atomic mass is 9.95. The Bertz CT molecular complexity index is 2370. The van der Waals surface area contributed by atoms with Crippen molar-refractivity contribution < 1.29 is 9.53 Å². The van der Waals surface area contributed by atoms with Crippen LogP contribution in [0.2, 0.25) is 0 Å². The van der Waals surface area contributed by atoms with Gasteiger partial charge in [-0.1, -0.05) is 84.1 Å². The number of rotatable bonds is 7. The second-order valence-electron chi connectivity index (χ2n) is 11.8. The molecule has 0 spiro atoms. The number of nitrogens with one attached hydrogen (secondary N) is 1. The van der Waals surface area contributed by atoms with Crippen molar-refractivity contribution in [1.29, 1.82) is 0 Å². The van der Waals surface area contributed by atoms with Gasteiger partial charge < -0.3 is 14.6 Å². The molecule has 4 aromatic carbocycles. The summed E-state index contributed by atoms with van der Waals surface area (Å²) >= 11 is 1.33. The fraction of sp³-hybridized carbons (Fsp3) is 0.125. The molecule has 0 bridgehead atoms. The number of aromatic nitrogens is 2. The first-order valence-corrected chi connectivity index (χ1v) is 16.5. The summed E-state index contributed by atoms with van der Waals surface area (Å²) in [7, 11) is 1.60. The summed E-state index contributed by atoms with van der Waals surface area (Å²) in [6, 6.07) is 37.0. The maximum absolute atomic E-state index is 14.3. The first-order valence-electron chi connectivity index (χ1n) is 15.7. The van der Waals surface area contributed by atoms with Crippen LogP contribution in [-0.4, -0.2) is 22.2 Å². The maximum atomic E-state index is 14.3. The first-order chi connectivity index (χ1) is 23.3. The fourth-order valence-corrected chi connectivity index (χ4v) is 7.40. The summed E-state index contributed by atoms with van der Waals surface area (Å²) in [5, 5.41) is 3.00. The van der Waals surface area contributed by atoms with Gasteiger partial charge in [-0.15, -0.1) is 0 Å². The number of allylic oxidation sites excluding steroid dienone is 1. The zero-order chi connectivity index (χ0) is 33.4. The van der Waals surface area contributed by atoms with Crippen LogP contribution in [0.4, 0.5) is 5.69 Å². The van der Waals surface area contributed by atoms with Gasteiger partial charge in [-0.25, -0.2) is 4.99 Å². The molecule has 7 rings (SSSR count). The number of carbonyl (C=O) groups is 1. The predicted octanol–water partition coefficient (Wildman–Crippen LogP) is 6.96. The van der Waals surface area contributed by atoms with Crippen molar-refractivity contribution in [3.05, 3.63) is 169 Å². The molecule has 48 heavy (non-hydrogen) atoms. The van der Waals surface area contributed by atoms with Gasteiger partial charge >= 0.3 is 0 Å². The maximum Gasteiger partial charge on any atom is 0.271 e. The third-order valence-electron chi connectivity index (χ3n) is 8.70. The number of methoxy groups -OCH3 is 1. The number of nitrogens with zero attached hydrogens (tertiary/aromatic N) is 3.